The van der Waals surface area contributed by atoms with E-state index in [4.69, 9.17) is 0 Å². The number of rotatable bonds is 6. The fourth-order valence-electron chi connectivity index (χ4n) is 4.27. The molecule has 3 N–H and O–H groups in total. The van der Waals surface area contributed by atoms with Crippen LogP contribution in [0.5, 0.6) is 5.75 Å². The quantitative estimate of drug-likeness (QED) is 0.578. The Labute approximate surface area is 175 Å². The number of hydrogen-bond donors (Lipinski definition) is 3. The zero-order valence-corrected chi connectivity index (χ0v) is 17.9. The second-order valence-corrected chi connectivity index (χ2v) is 8.16. The lowest BCUT2D eigenvalue weighted by Crippen LogP contribution is -2.26. The van der Waals surface area contributed by atoms with Gasteiger partial charge in [-0.05, 0) is 38.9 Å². The van der Waals surface area contributed by atoms with Crippen molar-refractivity contribution in [3.63, 3.8) is 0 Å². The summed E-state index contributed by atoms with van der Waals surface area (Å²) in [6, 6.07) is 5.68. The number of H-pyrrole nitrogens is 1. The Balaban J connectivity index is 1.72. The van der Waals surface area contributed by atoms with Gasteiger partial charge in [0, 0.05) is 31.9 Å². The zero-order chi connectivity index (χ0) is 21.3. The maximum absolute atomic E-state index is 13.0. The van der Waals surface area contributed by atoms with E-state index < -0.39 is 0 Å². The predicted octanol–water partition coefficient (Wildman–Crippen LogP) is 2.96. The first-order valence-corrected chi connectivity index (χ1v) is 10.7. The normalized spacial score (nSPS) is 15.0. The summed E-state index contributed by atoms with van der Waals surface area (Å²) in [6.45, 7) is 3.54. The van der Waals surface area contributed by atoms with Crippen LogP contribution in [0.25, 0.3) is 22.4 Å². The van der Waals surface area contributed by atoms with Crippen molar-refractivity contribution >= 4 is 16.7 Å². The van der Waals surface area contributed by atoms with E-state index in [9.17, 15) is 9.90 Å². The number of aryl methyl sites for hydroxylation is 1. The number of aromatic nitrogens is 4. The molecule has 0 unspecified atom stereocenters. The average molecular weight is 411 g/mol. The van der Waals surface area contributed by atoms with Crippen molar-refractivity contribution in [1.82, 2.24) is 25.1 Å². The summed E-state index contributed by atoms with van der Waals surface area (Å²) in [7, 11) is 3.88. The Bertz CT molecular complexity index is 1100. The lowest BCUT2D eigenvalue weighted by molar-refractivity contribution is 0.336. The first-order chi connectivity index (χ1) is 14.5. The third-order valence-corrected chi connectivity index (χ3v) is 6.02. The van der Waals surface area contributed by atoms with Crippen LogP contribution < -0.4 is 15.8 Å². The van der Waals surface area contributed by atoms with Crippen molar-refractivity contribution in [1.29, 1.82) is 0 Å². The molecule has 8 heteroatoms. The standard InChI is InChI=1S/C22H30N6O2/c1-14-19-20(28(26-14)15-7-5-4-6-8-15)22(30)25-21(24-19)17-10-9-16(13-18(17)29)27(3)12-11-23-2/h9-10,13,15,23,29H,4-8,11-12H2,1-3H3,(H,24,25,30). The second kappa shape index (κ2) is 8.47. The topological polar surface area (TPSA) is 99.1 Å². The highest BCUT2D eigenvalue weighted by molar-refractivity contribution is 5.80. The zero-order valence-electron chi connectivity index (χ0n) is 17.9. The fraction of sp³-hybridized carbons (Fsp3) is 0.500. The minimum Gasteiger partial charge on any atom is -0.507 e. The molecule has 0 amide bonds. The summed E-state index contributed by atoms with van der Waals surface area (Å²) >= 11 is 0. The van der Waals surface area contributed by atoms with E-state index in [1.165, 1.54) is 6.42 Å². The van der Waals surface area contributed by atoms with Crippen molar-refractivity contribution in [2.45, 2.75) is 45.1 Å². The molecule has 30 heavy (non-hydrogen) atoms. The minimum absolute atomic E-state index is 0.0867. The van der Waals surface area contributed by atoms with Gasteiger partial charge in [-0.2, -0.15) is 5.10 Å². The summed E-state index contributed by atoms with van der Waals surface area (Å²) in [6.07, 6.45) is 5.66. The monoisotopic (exact) mass is 410 g/mol. The lowest BCUT2D eigenvalue weighted by Gasteiger charge is -2.22. The molecular formula is C22H30N6O2. The average Bonchev–Trinajstić information content (AvgIpc) is 3.09. The van der Waals surface area contributed by atoms with Crippen LogP contribution in [0.1, 0.15) is 43.8 Å². The molecule has 1 aliphatic rings. The van der Waals surface area contributed by atoms with Crippen LogP contribution in [0, 0.1) is 6.92 Å². The molecule has 0 bridgehead atoms. The van der Waals surface area contributed by atoms with Gasteiger partial charge in [-0.15, -0.1) is 0 Å². The fourth-order valence-corrected chi connectivity index (χ4v) is 4.27. The highest BCUT2D eigenvalue weighted by Gasteiger charge is 2.23. The van der Waals surface area contributed by atoms with Crippen molar-refractivity contribution in [3.8, 4) is 17.1 Å². The molecule has 2 heterocycles. The summed E-state index contributed by atoms with van der Waals surface area (Å²) in [5, 5.41) is 18.4. The largest absolute Gasteiger partial charge is 0.507 e. The van der Waals surface area contributed by atoms with Crippen LogP contribution in [0.2, 0.25) is 0 Å². The van der Waals surface area contributed by atoms with Gasteiger partial charge < -0.3 is 20.3 Å². The van der Waals surface area contributed by atoms with Crippen LogP contribution >= 0.6 is 0 Å². The Morgan fingerprint density at radius 2 is 2.07 bits per heavy atom. The first-order valence-electron chi connectivity index (χ1n) is 10.7. The molecule has 0 radical (unpaired) electrons. The van der Waals surface area contributed by atoms with Crippen molar-refractivity contribution in [2.75, 3.05) is 32.1 Å². The van der Waals surface area contributed by atoms with Gasteiger partial charge >= 0.3 is 0 Å². The van der Waals surface area contributed by atoms with Crippen LogP contribution in [0.15, 0.2) is 23.0 Å². The van der Waals surface area contributed by atoms with Gasteiger partial charge in [-0.25, -0.2) is 4.98 Å². The summed E-state index contributed by atoms with van der Waals surface area (Å²) < 4.78 is 1.87. The summed E-state index contributed by atoms with van der Waals surface area (Å²) in [5.41, 5.74) is 3.07. The predicted molar refractivity (Wildman–Crippen MR) is 119 cm³/mol. The van der Waals surface area contributed by atoms with Gasteiger partial charge in [0.1, 0.15) is 17.1 Å². The van der Waals surface area contributed by atoms with E-state index in [1.807, 2.05) is 31.8 Å². The number of hydrogen-bond acceptors (Lipinski definition) is 6. The van der Waals surface area contributed by atoms with Crippen LogP contribution in [-0.2, 0) is 0 Å². The van der Waals surface area contributed by atoms with Crippen LogP contribution in [0.3, 0.4) is 0 Å². The Hall–Kier alpha value is -2.87. The van der Waals surface area contributed by atoms with Gasteiger partial charge in [0.15, 0.2) is 5.52 Å². The maximum Gasteiger partial charge on any atom is 0.277 e. The smallest absolute Gasteiger partial charge is 0.277 e. The lowest BCUT2D eigenvalue weighted by atomic mass is 9.95. The Morgan fingerprint density at radius 1 is 1.30 bits per heavy atom. The highest BCUT2D eigenvalue weighted by atomic mass is 16.3. The summed E-state index contributed by atoms with van der Waals surface area (Å²) in [5.74, 6) is 0.448. The number of phenols is 1. The number of phenolic OH excluding ortho intramolecular Hbond substituents is 1. The molecule has 1 aliphatic carbocycles. The number of fused-ring (bicyclic) bond motifs is 1. The highest BCUT2D eigenvalue weighted by Crippen LogP contribution is 2.33. The molecule has 0 saturated heterocycles. The molecule has 1 fully saturated rings. The molecule has 0 atom stereocenters. The van der Waals surface area contributed by atoms with E-state index in [2.05, 4.69) is 25.3 Å². The molecular weight excluding hydrogens is 380 g/mol. The minimum atomic E-state index is -0.212. The second-order valence-electron chi connectivity index (χ2n) is 8.16. The van der Waals surface area contributed by atoms with E-state index in [1.54, 1.807) is 12.1 Å². The van der Waals surface area contributed by atoms with Gasteiger partial charge in [-0.3, -0.25) is 9.48 Å². The van der Waals surface area contributed by atoms with Gasteiger partial charge in [0.25, 0.3) is 5.56 Å². The number of nitrogens with zero attached hydrogens (tertiary/aromatic N) is 4. The molecule has 0 spiro atoms. The van der Waals surface area contributed by atoms with E-state index in [0.29, 0.717) is 22.4 Å². The molecule has 2 aromatic heterocycles. The summed E-state index contributed by atoms with van der Waals surface area (Å²) in [4.78, 5) is 22.6. The maximum atomic E-state index is 13.0. The number of benzene rings is 1. The van der Waals surface area contributed by atoms with E-state index in [-0.39, 0.29) is 17.4 Å². The number of aromatic hydroxyl groups is 1. The van der Waals surface area contributed by atoms with Crippen molar-refractivity contribution < 1.29 is 5.11 Å². The third kappa shape index (κ3) is 3.79. The molecule has 160 valence electrons. The SMILES string of the molecule is CNCCN(C)c1ccc(-c2nc3c(C)nn(C4CCCCC4)c3c(=O)[nH]2)c(O)c1. The number of anilines is 1. The van der Waals surface area contributed by atoms with E-state index in [0.717, 1.165) is 50.2 Å². The number of likely N-dealkylation sites (N-methyl/N-ethyl adjacent to an activating group) is 2. The molecule has 8 nitrogen and oxygen atoms in total. The molecule has 4 rings (SSSR count). The number of nitrogens with one attached hydrogen (secondary N) is 2. The van der Waals surface area contributed by atoms with Crippen molar-refractivity contribution in [3.05, 3.63) is 34.2 Å². The molecule has 1 aromatic carbocycles. The van der Waals surface area contributed by atoms with Gasteiger partial charge in [-0.1, -0.05) is 19.3 Å². The Morgan fingerprint density at radius 3 is 2.77 bits per heavy atom. The molecule has 3 aromatic rings. The van der Waals surface area contributed by atoms with Crippen molar-refractivity contribution in [2.24, 2.45) is 0 Å². The first kappa shape index (κ1) is 20.4. The van der Waals surface area contributed by atoms with E-state index >= 15 is 0 Å². The van der Waals surface area contributed by atoms with Gasteiger partial charge in [0.2, 0.25) is 0 Å². The Kier molecular flexibility index (Phi) is 5.76. The molecule has 0 aliphatic heterocycles. The van der Waals surface area contributed by atoms with Crippen LogP contribution in [-0.4, -0.2) is 52.0 Å². The van der Waals surface area contributed by atoms with Gasteiger partial charge in [0.05, 0.1) is 17.3 Å². The number of aromatic amines is 1. The molecule has 1 saturated carbocycles. The third-order valence-electron chi connectivity index (χ3n) is 6.02. The van der Waals surface area contributed by atoms with Crippen LogP contribution in [0.4, 0.5) is 5.69 Å².